The second kappa shape index (κ2) is 16.9. The molecule has 1 fully saturated rings. The molecular weight excluding hydrogens is 523 g/mol. The topological polar surface area (TPSA) is 174 Å². The van der Waals surface area contributed by atoms with Crippen molar-refractivity contribution in [3.63, 3.8) is 0 Å². The van der Waals surface area contributed by atoms with Gasteiger partial charge in [-0.2, -0.15) is 0 Å². The lowest BCUT2D eigenvalue weighted by molar-refractivity contribution is -0.140. The number of carboxylic acid groups (broad SMARTS) is 1. The molecule has 1 saturated heterocycles. The molecule has 0 aromatic rings. The Hall–Kier alpha value is -1.90. The van der Waals surface area contributed by atoms with Crippen molar-refractivity contribution in [2.45, 2.75) is 33.7 Å². The summed E-state index contributed by atoms with van der Waals surface area (Å²) in [6.45, 7) is 7.52. The average Bonchev–Trinajstić information content (AvgIpc) is 2.77. The van der Waals surface area contributed by atoms with Gasteiger partial charge < -0.3 is 10.00 Å². The van der Waals surface area contributed by atoms with Gasteiger partial charge in [0.2, 0.25) is 0 Å². The summed E-state index contributed by atoms with van der Waals surface area (Å²) in [5.41, 5.74) is 0. The van der Waals surface area contributed by atoms with Gasteiger partial charge in [0.1, 0.15) is 23.1 Å². The van der Waals surface area contributed by atoms with Crippen LogP contribution in [0.15, 0.2) is 0 Å². The number of Topliss-reactive ketones (excluding diaryl/α,β-unsaturated/α-hetero) is 4. The van der Waals surface area contributed by atoms with E-state index in [1.165, 1.54) is 27.7 Å². The first-order valence-corrected chi connectivity index (χ1v) is 13.9. The Balaban J connectivity index is 3.29. The Morgan fingerprint density at radius 2 is 1.13 bits per heavy atom. The summed E-state index contributed by atoms with van der Waals surface area (Å²) in [7, 11) is -4.72. The minimum Gasteiger partial charge on any atom is -0.480 e. The van der Waals surface area contributed by atoms with E-state index in [0.717, 1.165) is 0 Å². The fraction of sp³-hybridized carbons (Fsp3) is 0.783. The predicted octanol–water partition coefficient (Wildman–Crippen LogP) is -0.849. The number of hydrogen-bond donors (Lipinski definition) is 2. The second-order valence-electron chi connectivity index (χ2n) is 9.65. The van der Waals surface area contributed by atoms with Crippen LogP contribution >= 0.6 is 7.82 Å². The molecule has 0 aromatic carbocycles. The number of phosphoric ester groups is 1. The first-order chi connectivity index (χ1) is 17.7. The van der Waals surface area contributed by atoms with E-state index in [-0.39, 0.29) is 62.5 Å². The zero-order chi connectivity index (χ0) is 28.9. The monoisotopic (exact) mass is 564 g/mol. The van der Waals surface area contributed by atoms with Crippen molar-refractivity contribution in [2.75, 3.05) is 85.2 Å². The first kappa shape index (κ1) is 34.1. The highest BCUT2D eigenvalue weighted by atomic mass is 31.2. The lowest BCUT2D eigenvalue weighted by atomic mass is 10.2. The van der Waals surface area contributed by atoms with E-state index in [0.29, 0.717) is 39.3 Å². The molecule has 0 aliphatic carbocycles. The van der Waals surface area contributed by atoms with E-state index >= 15 is 0 Å². The third-order valence-corrected chi connectivity index (χ3v) is 6.63. The van der Waals surface area contributed by atoms with Gasteiger partial charge in [-0.1, -0.05) is 0 Å². The van der Waals surface area contributed by atoms with Crippen LogP contribution in [-0.2, 0) is 37.6 Å². The number of carboxylic acids is 1. The number of aliphatic carboxylic acids is 1. The van der Waals surface area contributed by atoms with E-state index in [4.69, 9.17) is 9.63 Å². The number of nitrogens with zero attached hydrogens (tertiary/aromatic N) is 4. The SMILES string of the molecule is CC(=O)CN1CCN(CC(C)=O)CCN(CC(C)=O)C(COP(=O)(O)OCC(=O)O)CN(CC(C)=O)CC1. The minimum absolute atomic E-state index is 0.0158. The molecule has 2 N–H and O–H groups in total. The smallest absolute Gasteiger partial charge is 0.472 e. The molecule has 0 bridgehead atoms. The molecule has 0 spiro atoms. The average molecular weight is 565 g/mol. The highest BCUT2D eigenvalue weighted by Crippen LogP contribution is 2.43. The summed E-state index contributed by atoms with van der Waals surface area (Å²) in [6, 6.07) is -0.660. The van der Waals surface area contributed by atoms with Gasteiger partial charge in [0, 0.05) is 51.9 Å². The Kier molecular flexibility index (Phi) is 15.2. The molecule has 38 heavy (non-hydrogen) atoms. The van der Waals surface area contributed by atoms with Gasteiger partial charge in [-0.15, -0.1) is 0 Å². The summed E-state index contributed by atoms with van der Waals surface area (Å²) >= 11 is 0. The Labute approximate surface area is 223 Å². The first-order valence-electron chi connectivity index (χ1n) is 12.4. The van der Waals surface area contributed by atoms with Gasteiger partial charge in [-0.05, 0) is 27.7 Å². The quantitative estimate of drug-likeness (QED) is 0.250. The fourth-order valence-corrected chi connectivity index (χ4v) is 4.87. The van der Waals surface area contributed by atoms with Crippen LogP contribution in [0.5, 0.6) is 0 Å². The zero-order valence-corrected chi connectivity index (χ0v) is 23.6. The van der Waals surface area contributed by atoms with Gasteiger partial charge in [-0.3, -0.25) is 47.8 Å². The van der Waals surface area contributed by atoms with E-state index < -0.39 is 26.4 Å². The standard InChI is InChI=1S/C23H41N4O10P/c1-18(28)11-24-5-6-25(12-19(2)29)9-10-27(14-21(4)31)22(15-26(8-7-24)13-20(3)30)16-36-38(34,35)37-17-23(32)33/h22H,5-17H2,1-4H3,(H,32,33)(H,34,35). The molecule has 0 radical (unpaired) electrons. The molecular formula is C23H41N4O10P. The van der Waals surface area contributed by atoms with Crippen molar-refractivity contribution in [1.82, 2.24) is 19.6 Å². The number of phosphoric acid groups is 1. The molecule has 0 saturated carbocycles. The molecule has 1 aliphatic rings. The summed E-state index contributed by atoms with van der Waals surface area (Å²) in [5, 5.41) is 8.74. The molecule has 218 valence electrons. The molecule has 1 aliphatic heterocycles. The van der Waals surface area contributed by atoms with Crippen LogP contribution in [0.4, 0.5) is 0 Å². The van der Waals surface area contributed by atoms with Crippen molar-refractivity contribution < 1.29 is 47.6 Å². The van der Waals surface area contributed by atoms with E-state index in [1.54, 1.807) is 4.90 Å². The Morgan fingerprint density at radius 1 is 0.711 bits per heavy atom. The minimum atomic E-state index is -4.72. The summed E-state index contributed by atoms with van der Waals surface area (Å²) < 4.78 is 21.9. The van der Waals surface area contributed by atoms with Crippen molar-refractivity contribution in [1.29, 1.82) is 0 Å². The molecule has 0 amide bonds. The maximum Gasteiger partial charge on any atom is 0.472 e. The van der Waals surface area contributed by atoms with Crippen molar-refractivity contribution in [2.24, 2.45) is 0 Å². The molecule has 0 aromatic heterocycles. The van der Waals surface area contributed by atoms with Crippen molar-refractivity contribution in [3.05, 3.63) is 0 Å². The fourth-order valence-electron chi connectivity index (χ4n) is 4.16. The summed E-state index contributed by atoms with van der Waals surface area (Å²) in [4.78, 5) is 76.0. The zero-order valence-electron chi connectivity index (χ0n) is 22.7. The van der Waals surface area contributed by atoms with Crippen LogP contribution in [0.3, 0.4) is 0 Å². The van der Waals surface area contributed by atoms with Crippen LogP contribution in [0.2, 0.25) is 0 Å². The predicted molar refractivity (Wildman–Crippen MR) is 137 cm³/mol. The van der Waals surface area contributed by atoms with Crippen LogP contribution in [-0.4, -0.2) is 150 Å². The molecule has 2 atom stereocenters. The number of carbonyl (C=O) groups is 5. The van der Waals surface area contributed by atoms with Gasteiger partial charge in [0.25, 0.3) is 0 Å². The highest BCUT2D eigenvalue weighted by Gasteiger charge is 2.30. The van der Waals surface area contributed by atoms with Gasteiger partial charge in [0.05, 0.1) is 32.8 Å². The van der Waals surface area contributed by atoms with Gasteiger partial charge in [-0.25, -0.2) is 9.36 Å². The number of ketones is 4. The molecule has 1 heterocycles. The van der Waals surface area contributed by atoms with Crippen molar-refractivity contribution >= 4 is 36.9 Å². The molecule has 14 nitrogen and oxygen atoms in total. The maximum atomic E-state index is 12.3. The van der Waals surface area contributed by atoms with Crippen LogP contribution in [0.1, 0.15) is 27.7 Å². The van der Waals surface area contributed by atoms with Crippen LogP contribution < -0.4 is 0 Å². The lowest BCUT2D eigenvalue weighted by Crippen LogP contribution is -2.53. The number of rotatable bonds is 14. The molecule has 1 rings (SSSR count). The van der Waals surface area contributed by atoms with Crippen molar-refractivity contribution in [3.8, 4) is 0 Å². The third kappa shape index (κ3) is 15.5. The van der Waals surface area contributed by atoms with Crippen LogP contribution in [0, 0.1) is 0 Å². The van der Waals surface area contributed by atoms with Crippen LogP contribution in [0.25, 0.3) is 0 Å². The number of carbonyl (C=O) groups excluding carboxylic acids is 4. The number of hydrogen-bond acceptors (Lipinski definition) is 12. The van der Waals surface area contributed by atoms with E-state index in [9.17, 15) is 33.4 Å². The Bertz CT molecular complexity index is 886. The molecule has 2 unspecified atom stereocenters. The normalized spacial score (nSPS) is 21.1. The lowest BCUT2D eigenvalue weighted by Gasteiger charge is -2.38. The van der Waals surface area contributed by atoms with E-state index in [1.807, 2.05) is 14.7 Å². The summed E-state index contributed by atoms with van der Waals surface area (Å²) in [6.07, 6.45) is 0. The molecule has 15 heteroatoms. The largest absolute Gasteiger partial charge is 0.480 e. The third-order valence-electron chi connectivity index (χ3n) is 5.70. The van der Waals surface area contributed by atoms with Gasteiger partial charge >= 0.3 is 13.8 Å². The highest BCUT2D eigenvalue weighted by molar-refractivity contribution is 7.47. The maximum absolute atomic E-state index is 12.3. The second-order valence-corrected chi connectivity index (χ2v) is 11.1. The van der Waals surface area contributed by atoms with Gasteiger partial charge in [0.15, 0.2) is 6.61 Å². The summed E-state index contributed by atoms with van der Waals surface area (Å²) in [5.74, 6) is -1.79. The Morgan fingerprint density at radius 3 is 1.58 bits per heavy atom. The van der Waals surface area contributed by atoms with E-state index in [2.05, 4.69) is 4.52 Å².